The normalized spacial score (nSPS) is 18.4. The van der Waals surface area contributed by atoms with Crippen molar-refractivity contribution >= 4 is 21.6 Å². The smallest absolute Gasteiger partial charge is 0.243 e. The van der Waals surface area contributed by atoms with Crippen LogP contribution < -0.4 is 4.72 Å². The summed E-state index contributed by atoms with van der Waals surface area (Å²) in [4.78, 5) is 3.79. The van der Waals surface area contributed by atoms with Gasteiger partial charge >= 0.3 is 0 Å². The molecule has 1 aliphatic carbocycles. The largest absolute Gasteiger partial charge is 0.243 e. The minimum Gasteiger partial charge on any atom is -0.243 e. The summed E-state index contributed by atoms with van der Waals surface area (Å²) in [6.07, 6.45) is 3.59. The molecule has 0 aliphatic heterocycles. The molecule has 16 heavy (non-hydrogen) atoms. The Balaban J connectivity index is 2.16. The molecule has 1 aliphatic rings. The molecule has 1 fully saturated rings. The van der Waals surface area contributed by atoms with Gasteiger partial charge < -0.3 is 0 Å². The van der Waals surface area contributed by atoms with Gasteiger partial charge in [0.15, 0.2) is 0 Å². The van der Waals surface area contributed by atoms with Crippen molar-refractivity contribution in [2.24, 2.45) is 5.41 Å². The Morgan fingerprint density at radius 3 is 2.81 bits per heavy atom. The molecule has 1 N–H and O–H groups in total. The number of nitrogens with one attached hydrogen (secondary N) is 1. The van der Waals surface area contributed by atoms with Crippen LogP contribution in [0, 0.1) is 5.41 Å². The number of hydrogen-bond acceptors (Lipinski definition) is 3. The first-order chi connectivity index (χ1) is 7.43. The van der Waals surface area contributed by atoms with Gasteiger partial charge in [-0.15, -0.1) is 0 Å². The van der Waals surface area contributed by atoms with Crippen LogP contribution in [0.15, 0.2) is 23.2 Å². The van der Waals surface area contributed by atoms with E-state index in [2.05, 4.69) is 16.6 Å². The third-order valence-electron chi connectivity index (χ3n) is 2.81. The summed E-state index contributed by atoms with van der Waals surface area (Å²) >= 11 is 5.74. The van der Waals surface area contributed by atoms with Crippen LogP contribution in [0.5, 0.6) is 0 Å². The van der Waals surface area contributed by atoms with E-state index >= 15 is 0 Å². The summed E-state index contributed by atoms with van der Waals surface area (Å²) in [5.74, 6) is 0. The van der Waals surface area contributed by atoms with Crippen molar-refractivity contribution in [2.75, 3.05) is 6.54 Å². The predicted molar refractivity (Wildman–Crippen MR) is 61.8 cm³/mol. The fourth-order valence-corrected chi connectivity index (χ4v) is 2.96. The van der Waals surface area contributed by atoms with Gasteiger partial charge in [-0.05, 0) is 30.4 Å². The minimum absolute atomic E-state index is 0.0101. The van der Waals surface area contributed by atoms with E-state index in [4.69, 9.17) is 11.6 Å². The van der Waals surface area contributed by atoms with Gasteiger partial charge in [0.05, 0.1) is 0 Å². The number of nitrogens with zero attached hydrogens (tertiary/aromatic N) is 1. The lowest BCUT2D eigenvalue weighted by Gasteiger charge is -2.11. The van der Waals surface area contributed by atoms with Crippen LogP contribution in [0.2, 0.25) is 5.15 Å². The van der Waals surface area contributed by atoms with E-state index in [1.54, 1.807) is 6.07 Å². The Bertz CT molecular complexity index is 497. The fourth-order valence-electron chi connectivity index (χ4n) is 1.31. The van der Waals surface area contributed by atoms with Crippen molar-refractivity contribution in [1.82, 2.24) is 9.71 Å². The van der Waals surface area contributed by atoms with Gasteiger partial charge in [-0.2, -0.15) is 0 Å². The molecule has 0 aromatic carbocycles. The predicted octanol–water partition coefficient (Wildman–Crippen LogP) is 1.81. The molecule has 0 bridgehead atoms. The van der Waals surface area contributed by atoms with Crippen LogP contribution in [0.4, 0.5) is 0 Å². The lowest BCUT2D eigenvalue weighted by molar-refractivity contribution is 0.530. The zero-order valence-electron chi connectivity index (χ0n) is 8.90. The van der Waals surface area contributed by atoms with Crippen LogP contribution in [-0.4, -0.2) is 19.9 Å². The average molecular weight is 261 g/mol. The molecule has 1 heterocycles. The van der Waals surface area contributed by atoms with E-state index in [1.807, 2.05) is 0 Å². The summed E-state index contributed by atoms with van der Waals surface area (Å²) in [7, 11) is -3.53. The topological polar surface area (TPSA) is 59.1 Å². The third-order valence-corrected chi connectivity index (χ3v) is 4.65. The first-order valence-electron chi connectivity index (χ1n) is 5.03. The van der Waals surface area contributed by atoms with Crippen molar-refractivity contribution in [1.29, 1.82) is 0 Å². The molecule has 1 aromatic heterocycles. The maximum atomic E-state index is 11.9. The van der Waals surface area contributed by atoms with Gasteiger partial charge in [-0.25, -0.2) is 18.1 Å². The Kier molecular flexibility index (Phi) is 2.94. The lowest BCUT2D eigenvalue weighted by atomic mass is 10.2. The fraction of sp³-hybridized carbons (Fsp3) is 0.500. The van der Waals surface area contributed by atoms with Gasteiger partial charge in [0.2, 0.25) is 10.0 Å². The molecule has 1 saturated carbocycles. The van der Waals surface area contributed by atoms with Crippen molar-refractivity contribution < 1.29 is 8.42 Å². The first kappa shape index (κ1) is 11.8. The van der Waals surface area contributed by atoms with E-state index in [9.17, 15) is 8.42 Å². The molecule has 0 spiro atoms. The van der Waals surface area contributed by atoms with E-state index < -0.39 is 10.0 Å². The highest BCUT2D eigenvalue weighted by molar-refractivity contribution is 7.89. The second kappa shape index (κ2) is 3.98. The summed E-state index contributed by atoms with van der Waals surface area (Å²) in [5.41, 5.74) is 0.127. The standard InChI is InChI=1S/C10H13ClN2O2S/c1-10(4-5-10)7-13-16(14,15)8-3-2-6-12-9(8)11/h2-3,6,13H,4-5,7H2,1H3. The summed E-state index contributed by atoms with van der Waals surface area (Å²) in [6.45, 7) is 2.51. The molecule has 0 saturated heterocycles. The molecular weight excluding hydrogens is 248 g/mol. The zero-order valence-corrected chi connectivity index (χ0v) is 10.5. The monoisotopic (exact) mass is 260 g/mol. The lowest BCUT2D eigenvalue weighted by Crippen LogP contribution is -2.29. The van der Waals surface area contributed by atoms with Crippen LogP contribution in [0.3, 0.4) is 0 Å². The maximum Gasteiger partial charge on any atom is 0.243 e. The third kappa shape index (κ3) is 2.53. The van der Waals surface area contributed by atoms with E-state index in [0.717, 1.165) is 12.8 Å². The van der Waals surface area contributed by atoms with Crippen LogP contribution in [-0.2, 0) is 10.0 Å². The molecule has 6 heteroatoms. The van der Waals surface area contributed by atoms with Gasteiger partial charge in [-0.3, -0.25) is 0 Å². The Morgan fingerprint density at radius 1 is 1.56 bits per heavy atom. The van der Waals surface area contributed by atoms with Crippen molar-refractivity contribution in [3.63, 3.8) is 0 Å². The summed E-state index contributed by atoms with van der Waals surface area (Å²) in [6, 6.07) is 3.01. The average Bonchev–Trinajstić information content (AvgIpc) is 2.95. The zero-order chi connectivity index (χ0) is 11.8. The molecule has 0 atom stereocenters. The summed E-state index contributed by atoms with van der Waals surface area (Å²) < 4.78 is 26.4. The molecule has 0 unspecified atom stereocenters. The molecule has 0 radical (unpaired) electrons. The van der Waals surface area contributed by atoms with Gasteiger partial charge in [0.1, 0.15) is 10.0 Å². The second-order valence-electron chi connectivity index (χ2n) is 4.43. The second-order valence-corrected chi connectivity index (χ2v) is 6.52. The van der Waals surface area contributed by atoms with Crippen LogP contribution in [0.25, 0.3) is 0 Å². The molecule has 4 nitrogen and oxygen atoms in total. The SMILES string of the molecule is CC1(CNS(=O)(=O)c2cccnc2Cl)CC1. The number of pyridine rings is 1. The number of aromatic nitrogens is 1. The van der Waals surface area contributed by atoms with E-state index in [-0.39, 0.29) is 15.5 Å². The highest BCUT2D eigenvalue weighted by Crippen LogP contribution is 2.44. The number of rotatable bonds is 4. The molecule has 2 rings (SSSR count). The first-order valence-corrected chi connectivity index (χ1v) is 6.89. The van der Waals surface area contributed by atoms with Crippen molar-refractivity contribution in [3.05, 3.63) is 23.5 Å². The van der Waals surface area contributed by atoms with Crippen molar-refractivity contribution in [3.8, 4) is 0 Å². The van der Waals surface area contributed by atoms with Gasteiger partial charge in [0, 0.05) is 12.7 Å². The Morgan fingerprint density at radius 2 is 2.25 bits per heavy atom. The molecule has 0 amide bonds. The highest BCUT2D eigenvalue weighted by Gasteiger charge is 2.38. The van der Waals surface area contributed by atoms with Crippen LogP contribution >= 0.6 is 11.6 Å². The summed E-state index contributed by atoms with van der Waals surface area (Å²) in [5, 5.41) is 0.0101. The van der Waals surface area contributed by atoms with E-state index in [0.29, 0.717) is 6.54 Å². The quantitative estimate of drug-likeness (QED) is 0.840. The van der Waals surface area contributed by atoms with Gasteiger partial charge in [0.25, 0.3) is 0 Å². The van der Waals surface area contributed by atoms with Crippen molar-refractivity contribution in [2.45, 2.75) is 24.7 Å². The number of sulfonamides is 1. The molecular formula is C10H13ClN2O2S. The highest BCUT2D eigenvalue weighted by atomic mass is 35.5. The Hall–Kier alpha value is -0.650. The number of hydrogen-bond donors (Lipinski definition) is 1. The minimum atomic E-state index is -3.53. The Labute approximate surface area is 100 Å². The van der Waals surface area contributed by atoms with Gasteiger partial charge in [-0.1, -0.05) is 18.5 Å². The number of halogens is 1. The maximum absolute atomic E-state index is 11.9. The van der Waals surface area contributed by atoms with Crippen LogP contribution in [0.1, 0.15) is 19.8 Å². The molecule has 1 aromatic rings. The van der Waals surface area contributed by atoms with E-state index in [1.165, 1.54) is 12.3 Å². The molecule has 88 valence electrons.